The predicted molar refractivity (Wildman–Crippen MR) is 91.5 cm³/mol. The van der Waals surface area contributed by atoms with Gasteiger partial charge >= 0.3 is 0 Å². The van der Waals surface area contributed by atoms with Crippen LogP contribution in [0.25, 0.3) is 0 Å². The van der Waals surface area contributed by atoms with Gasteiger partial charge in [0.1, 0.15) is 5.03 Å². The number of rotatable bonds is 5. The summed E-state index contributed by atoms with van der Waals surface area (Å²) >= 11 is 0. The summed E-state index contributed by atoms with van der Waals surface area (Å²) in [6.07, 6.45) is 1.81. The zero-order valence-corrected chi connectivity index (χ0v) is 14.8. The lowest BCUT2D eigenvalue weighted by atomic mass is 10.1. The van der Waals surface area contributed by atoms with Gasteiger partial charge in [-0.3, -0.25) is 9.19 Å². The van der Waals surface area contributed by atoms with Crippen LogP contribution in [0.4, 0.5) is 0 Å². The molecule has 22 heavy (non-hydrogen) atoms. The molecule has 3 nitrogen and oxygen atoms in total. The highest BCUT2D eigenvalue weighted by atomic mass is 32.2. The second-order valence-corrected chi connectivity index (χ2v) is 7.64. The molecule has 2 aromatic rings. The van der Waals surface area contributed by atoms with E-state index in [4.69, 9.17) is 0 Å². The van der Waals surface area contributed by atoms with Crippen molar-refractivity contribution in [3.63, 3.8) is 0 Å². The van der Waals surface area contributed by atoms with Gasteiger partial charge in [0.15, 0.2) is 0 Å². The predicted octanol–water partition coefficient (Wildman–Crippen LogP) is 4.34. The Morgan fingerprint density at radius 2 is 1.68 bits per heavy atom. The Morgan fingerprint density at radius 3 is 2.23 bits per heavy atom. The van der Waals surface area contributed by atoms with Crippen LogP contribution in [0.5, 0.6) is 0 Å². The summed E-state index contributed by atoms with van der Waals surface area (Å²) < 4.78 is 12.8. The third kappa shape index (κ3) is 4.01. The zero-order chi connectivity index (χ0) is 16.3. The Morgan fingerprint density at radius 1 is 1.05 bits per heavy atom. The van der Waals surface area contributed by atoms with Crippen molar-refractivity contribution in [1.82, 2.24) is 9.97 Å². The maximum absolute atomic E-state index is 12.8. The number of aryl methyl sites for hydroxylation is 1. The molecule has 1 atom stereocenters. The summed E-state index contributed by atoms with van der Waals surface area (Å²) in [7, 11) is -1.17. The Labute approximate surface area is 135 Å². The van der Waals surface area contributed by atoms with Crippen molar-refractivity contribution in [2.24, 2.45) is 0 Å². The van der Waals surface area contributed by atoms with Gasteiger partial charge in [-0.15, -0.1) is 0 Å². The lowest BCUT2D eigenvalue weighted by Gasteiger charge is -2.13. The molecule has 0 N–H and O–H groups in total. The van der Waals surface area contributed by atoms with Gasteiger partial charge in [-0.05, 0) is 24.3 Å². The number of aromatic nitrogens is 2. The summed E-state index contributed by atoms with van der Waals surface area (Å²) in [5.41, 5.74) is 4.01. The standard InChI is InChI=1S/C18H24N2OS/c1-12(2)16-10-19-17(13(3)4)18(20-16)22(21)11-15-8-6-14(5)7-9-15/h6-10,12-13H,11H2,1-5H3. The molecule has 0 aliphatic heterocycles. The first-order chi connectivity index (χ1) is 10.4. The number of hydrogen-bond donors (Lipinski definition) is 0. The normalized spacial score (nSPS) is 12.9. The van der Waals surface area contributed by atoms with Crippen LogP contribution in [0, 0.1) is 6.92 Å². The number of hydrogen-bond acceptors (Lipinski definition) is 3. The van der Waals surface area contributed by atoms with Crippen molar-refractivity contribution < 1.29 is 4.21 Å². The lowest BCUT2D eigenvalue weighted by molar-refractivity contribution is 0.665. The van der Waals surface area contributed by atoms with Crippen LogP contribution in [0.15, 0.2) is 35.5 Å². The van der Waals surface area contributed by atoms with Crippen molar-refractivity contribution in [3.8, 4) is 0 Å². The molecule has 0 amide bonds. The van der Waals surface area contributed by atoms with Gasteiger partial charge in [0.05, 0.1) is 27.9 Å². The van der Waals surface area contributed by atoms with Crippen LogP contribution in [-0.4, -0.2) is 14.2 Å². The summed E-state index contributed by atoms with van der Waals surface area (Å²) in [5.74, 6) is 0.977. The molecule has 118 valence electrons. The Bertz CT molecular complexity index is 663. The van der Waals surface area contributed by atoms with Gasteiger partial charge in [-0.2, -0.15) is 0 Å². The average Bonchev–Trinajstić information content (AvgIpc) is 2.48. The summed E-state index contributed by atoms with van der Waals surface area (Å²) in [5, 5.41) is 0.641. The molecule has 4 heteroatoms. The van der Waals surface area contributed by atoms with E-state index in [1.54, 1.807) is 0 Å². The van der Waals surface area contributed by atoms with Crippen LogP contribution >= 0.6 is 0 Å². The van der Waals surface area contributed by atoms with Crippen LogP contribution in [-0.2, 0) is 16.6 Å². The molecule has 1 unspecified atom stereocenters. The molecule has 0 saturated heterocycles. The third-order valence-corrected chi connectivity index (χ3v) is 4.89. The smallest absolute Gasteiger partial charge is 0.149 e. The zero-order valence-electron chi connectivity index (χ0n) is 14.0. The van der Waals surface area contributed by atoms with E-state index in [0.717, 1.165) is 17.0 Å². The number of benzene rings is 1. The van der Waals surface area contributed by atoms with E-state index in [-0.39, 0.29) is 11.8 Å². The van der Waals surface area contributed by atoms with Gasteiger partial charge in [0.2, 0.25) is 0 Å². The first kappa shape index (κ1) is 16.8. The molecule has 2 rings (SSSR count). The minimum Gasteiger partial charge on any atom is -0.256 e. The third-order valence-electron chi connectivity index (χ3n) is 3.56. The summed E-state index contributed by atoms with van der Waals surface area (Å²) in [6, 6.07) is 8.15. The van der Waals surface area contributed by atoms with E-state index in [0.29, 0.717) is 10.8 Å². The van der Waals surface area contributed by atoms with E-state index < -0.39 is 10.8 Å². The topological polar surface area (TPSA) is 42.9 Å². The molecule has 0 spiro atoms. The summed E-state index contributed by atoms with van der Waals surface area (Å²) in [6.45, 7) is 10.3. The van der Waals surface area contributed by atoms with Gasteiger partial charge in [0, 0.05) is 6.20 Å². The quantitative estimate of drug-likeness (QED) is 0.824. The van der Waals surface area contributed by atoms with Crippen LogP contribution in [0.3, 0.4) is 0 Å². The molecule has 0 aliphatic rings. The van der Waals surface area contributed by atoms with E-state index in [1.807, 2.05) is 30.5 Å². The monoisotopic (exact) mass is 316 g/mol. The molecule has 1 aromatic heterocycles. The molecular formula is C18H24N2OS. The summed E-state index contributed by atoms with van der Waals surface area (Å²) in [4.78, 5) is 9.17. The molecular weight excluding hydrogens is 292 g/mol. The first-order valence-corrected chi connectivity index (χ1v) is 9.01. The van der Waals surface area contributed by atoms with Gasteiger partial charge < -0.3 is 0 Å². The molecule has 0 fully saturated rings. The highest BCUT2D eigenvalue weighted by Crippen LogP contribution is 2.23. The van der Waals surface area contributed by atoms with E-state index in [1.165, 1.54) is 5.56 Å². The molecule has 1 heterocycles. The minimum absolute atomic E-state index is 0.214. The van der Waals surface area contributed by atoms with Crippen LogP contribution in [0.2, 0.25) is 0 Å². The van der Waals surface area contributed by atoms with Gasteiger partial charge in [-0.25, -0.2) is 4.98 Å². The van der Waals surface area contributed by atoms with Crippen molar-refractivity contribution in [1.29, 1.82) is 0 Å². The molecule has 0 aliphatic carbocycles. The second-order valence-electron chi connectivity index (χ2n) is 6.27. The maximum atomic E-state index is 12.8. The van der Waals surface area contributed by atoms with E-state index in [9.17, 15) is 4.21 Å². The molecule has 0 radical (unpaired) electrons. The van der Waals surface area contributed by atoms with Gasteiger partial charge in [-0.1, -0.05) is 57.5 Å². The van der Waals surface area contributed by atoms with Crippen molar-refractivity contribution in [2.75, 3.05) is 0 Å². The fraction of sp³-hybridized carbons (Fsp3) is 0.444. The Hall–Kier alpha value is -1.55. The van der Waals surface area contributed by atoms with Crippen molar-refractivity contribution in [2.45, 2.75) is 57.2 Å². The Kier molecular flexibility index (Phi) is 5.46. The largest absolute Gasteiger partial charge is 0.256 e. The molecule has 0 saturated carbocycles. The van der Waals surface area contributed by atoms with E-state index in [2.05, 4.69) is 44.6 Å². The average molecular weight is 316 g/mol. The Balaban J connectivity index is 2.34. The fourth-order valence-electron chi connectivity index (χ4n) is 2.14. The lowest BCUT2D eigenvalue weighted by Crippen LogP contribution is -2.10. The maximum Gasteiger partial charge on any atom is 0.149 e. The van der Waals surface area contributed by atoms with Gasteiger partial charge in [0.25, 0.3) is 0 Å². The number of nitrogens with zero attached hydrogens (tertiary/aromatic N) is 2. The molecule has 0 bridgehead atoms. The highest BCUT2D eigenvalue weighted by molar-refractivity contribution is 7.84. The SMILES string of the molecule is Cc1ccc(CS(=O)c2nc(C(C)C)cnc2C(C)C)cc1. The first-order valence-electron chi connectivity index (χ1n) is 7.69. The van der Waals surface area contributed by atoms with Crippen LogP contribution in [0.1, 0.15) is 62.0 Å². The van der Waals surface area contributed by atoms with Crippen molar-refractivity contribution >= 4 is 10.8 Å². The van der Waals surface area contributed by atoms with Crippen molar-refractivity contribution in [3.05, 3.63) is 53.0 Å². The highest BCUT2D eigenvalue weighted by Gasteiger charge is 2.18. The van der Waals surface area contributed by atoms with Crippen LogP contribution < -0.4 is 0 Å². The second kappa shape index (κ2) is 7.14. The minimum atomic E-state index is -1.17. The van der Waals surface area contributed by atoms with E-state index >= 15 is 0 Å². The molecule has 1 aromatic carbocycles. The fourth-order valence-corrected chi connectivity index (χ4v) is 3.50.